The van der Waals surface area contributed by atoms with Crippen LogP contribution in [-0.2, 0) is 0 Å². The molecule has 2 rings (SSSR count). The number of benzene rings is 2. The highest BCUT2D eigenvalue weighted by Gasteiger charge is 2.11. The van der Waals surface area contributed by atoms with Crippen molar-refractivity contribution in [1.82, 2.24) is 0 Å². The molecule has 0 atom stereocenters. The van der Waals surface area contributed by atoms with Gasteiger partial charge in [-0.1, -0.05) is 18.3 Å². The predicted molar refractivity (Wildman–Crippen MR) is 92.9 cm³/mol. The predicted octanol–water partition coefficient (Wildman–Crippen LogP) is 3.84. The van der Waals surface area contributed by atoms with Gasteiger partial charge in [-0.05, 0) is 40.2 Å². The Balaban J connectivity index is 2.39. The molecule has 0 radical (unpaired) electrons. The molecule has 2 aromatic carbocycles. The van der Waals surface area contributed by atoms with Gasteiger partial charge < -0.3 is 20.5 Å². The third-order valence-electron chi connectivity index (χ3n) is 2.92. The van der Waals surface area contributed by atoms with Gasteiger partial charge in [-0.2, -0.15) is 0 Å². The van der Waals surface area contributed by atoms with E-state index in [9.17, 15) is 0 Å². The quantitative estimate of drug-likeness (QED) is 0.787. The van der Waals surface area contributed by atoms with Crippen molar-refractivity contribution in [3.63, 3.8) is 0 Å². The number of rotatable bonds is 5. The number of halogens is 1. The van der Waals surface area contributed by atoms with Gasteiger partial charge in [0.25, 0.3) is 0 Å². The first kappa shape index (κ1) is 15.6. The molecular formula is C15H15BrN2O2S. The average molecular weight is 367 g/mol. The molecule has 21 heavy (non-hydrogen) atoms. The summed E-state index contributed by atoms with van der Waals surface area (Å²) in [4.78, 5) is 0.324. The van der Waals surface area contributed by atoms with Crippen LogP contribution in [0.15, 0.2) is 40.9 Å². The van der Waals surface area contributed by atoms with Crippen LogP contribution in [0.4, 0.5) is 11.4 Å². The smallest absolute Gasteiger partial charge is 0.162 e. The van der Waals surface area contributed by atoms with E-state index in [1.165, 1.54) is 0 Å². The fourth-order valence-electron chi connectivity index (χ4n) is 1.95. The highest BCUT2D eigenvalue weighted by molar-refractivity contribution is 9.10. The molecule has 0 aliphatic carbocycles. The zero-order chi connectivity index (χ0) is 15.4. The summed E-state index contributed by atoms with van der Waals surface area (Å²) in [6, 6.07) is 11.3. The third-order valence-corrected chi connectivity index (χ3v) is 3.79. The van der Waals surface area contributed by atoms with Crippen LogP contribution in [0.3, 0.4) is 0 Å². The van der Waals surface area contributed by atoms with E-state index in [1.54, 1.807) is 14.2 Å². The molecule has 0 fully saturated rings. The Morgan fingerprint density at radius 3 is 2.48 bits per heavy atom. The number of anilines is 2. The van der Waals surface area contributed by atoms with Crippen LogP contribution in [0.25, 0.3) is 0 Å². The molecule has 0 spiro atoms. The Kier molecular flexibility index (Phi) is 5.03. The van der Waals surface area contributed by atoms with Crippen LogP contribution in [-0.4, -0.2) is 19.2 Å². The fourth-order valence-corrected chi connectivity index (χ4v) is 2.88. The molecule has 2 aromatic rings. The van der Waals surface area contributed by atoms with Crippen molar-refractivity contribution in [1.29, 1.82) is 0 Å². The molecule has 0 saturated carbocycles. The second-order valence-corrected chi connectivity index (χ2v) is 5.52. The third kappa shape index (κ3) is 3.46. The van der Waals surface area contributed by atoms with Crippen molar-refractivity contribution >= 4 is 44.5 Å². The molecule has 0 aliphatic heterocycles. The summed E-state index contributed by atoms with van der Waals surface area (Å²) in [7, 11) is 3.20. The zero-order valence-corrected chi connectivity index (χ0v) is 14.0. The van der Waals surface area contributed by atoms with E-state index in [0.29, 0.717) is 16.5 Å². The molecule has 0 unspecified atom stereocenters. The molecule has 110 valence electrons. The Bertz CT molecular complexity index is 677. The lowest BCUT2D eigenvalue weighted by Crippen LogP contribution is -2.12. The van der Waals surface area contributed by atoms with Crippen molar-refractivity contribution in [2.45, 2.75) is 0 Å². The first-order valence-electron chi connectivity index (χ1n) is 6.14. The summed E-state index contributed by atoms with van der Waals surface area (Å²) >= 11 is 8.56. The van der Waals surface area contributed by atoms with E-state index in [1.807, 2.05) is 36.4 Å². The number of nitrogens with one attached hydrogen (secondary N) is 1. The van der Waals surface area contributed by atoms with Crippen molar-refractivity contribution in [3.05, 3.63) is 46.4 Å². The average Bonchev–Trinajstić information content (AvgIpc) is 2.46. The van der Waals surface area contributed by atoms with E-state index in [-0.39, 0.29) is 0 Å². The largest absolute Gasteiger partial charge is 0.493 e. The Labute approximate surface area is 137 Å². The van der Waals surface area contributed by atoms with Gasteiger partial charge in [0.1, 0.15) is 4.99 Å². The summed E-state index contributed by atoms with van der Waals surface area (Å²) in [5.74, 6) is 1.32. The molecule has 0 amide bonds. The maximum absolute atomic E-state index is 5.79. The maximum atomic E-state index is 5.79. The number of nitrogens with two attached hydrogens (primary N) is 1. The van der Waals surface area contributed by atoms with Crippen LogP contribution in [0.2, 0.25) is 0 Å². The van der Waals surface area contributed by atoms with E-state index in [0.717, 1.165) is 21.4 Å². The minimum atomic E-state index is 0.324. The Morgan fingerprint density at radius 2 is 1.86 bits per heavy atom. The van der Waals surface area contributed by atoms with Crippen LogP contribution in [0.5, 0.6) is 11.5 Å². The topological polar surface area (TPSA) is 56.5 Å². The SMILES string of the molecule is COc1ccc(Nc2cccc(Br)c2C(N)=S)cc1OC. The molecule has 0 heterocycles. The van der Waals surface area contributed by atoms with Crippen LogP contribution in [0.1, 0.15) is 5.56 Å². The summed E-state index contributed by atoms with van der Waals surface area (Å²) in [5, 5.41) is 3.29. The summed E-state index contributed by atoms with van der Waals surface area (Å²) < 4.78 is 11.4. The minimum Gasteiger partial charge on any atom is -0.493 e. The molecule has 0 aromatic heterocycles. The number of hydrogen-bond acceptors (Lipinski definition) is 4. The van der Waals surface area contributed by atoms with Gasteiger partial charge in [-0.25, -0.2) is 0 Å². The Morgan fingerprint density at radius 1 is 1.14 bits per heavy atom. The number of ether oxygens (including phenoxy) is 2. The van der Waals surface area contributed by atoms with Crippen molar-refractivity contribution in [2.75, 3.05) is 19.5 Å². The van der Waals surface area contributed by atoms with E-state index in [2.05, 4.69) is 21.2 Å². The van der Waals surface area contributed by atoms with Crippen molar-refractivity contribution < 1.29 is 9.47 Å². The Hall–Kier alpha value is -1.79. The van der Waals surface area contributed by atoms with Gasteiger partial charge >= 0.3 is 0 Å². The second kappa shape index (κ2) is 6.78. The maximum Gasteiger partial charge on any atom is 0.162 e. The van der Waals surface area contributed by atoms with Crippen LogP contribution in [0, 0.1) is 0 Å². The molecule has 0 bridgehead atoms. The van der Waals surface area contributed by atoms with E-state index < -0.39 is 0 Å². The standard InChI is InChI=1S/C15H15BrN2O2S/c1-19-12-7-6-9(8-13(12)20-2)18-11-5-3-4-10(16)14(11)15(17)21/h3-8,18H,1-2H3,(H2,17,21). The molecule has 3 N–H and O–H groups in total. The summed E-state index contributed by atoms with van der Waals surface area (Å²) in [6.45, 7) is 0. The van der Waals surface area contributed by atoms with Gasteiger partial charge in [-0.3, -0.25) is 0 Å². The lowest BCUT2D eigenvalue weighted by Gasteiger charge is -2.14. The molecular weight excluding hydrogens is 352 g/mol. The van der Waals surface area contributed by atoms with Gasteiger partial charge in [0.05, 0.1) is 14.2 Å². The normalized spacial score (nSPS) is 10.0. The second-order valence-electron chi connectivity index (χ2n) is 4.22. The monoisotopic (exact) mass is 366 g/mol. The fraction of sp³-hybridized carbons (Fsp3) is 0.133. The molecule has 6 heteroatoms. The lowest BCUT2D eigenvalue weighted by molar-refractivity contribution is 0.355. The first-order chi connectivity index (χ1) is 10.1. The number of thiocarbonyl (C=S) groups is 1. The van der Waals surface area contributed by atoms with E-state index in [4.69, 9.17) is 27.4 Å². The van der Waals surface area contributed by atoms with Gasteiger partial charge in [0, 0.05) is 27.5 Å². The van der Waals surface area contributed by atoms with Crippen molar-refractivity contribution in [2.24, 2.45) is 5.73 Å². The van der Waals surface area contributed by atoms with Gasteiger partial charge in [0.2, 0.25) is 0 Å². The number of hydrogen-bond donors (Lipinski definition) is 2. The summed E-state index contributed by atoms with van der Waals surface area (Å²) in [5.41, 5.74) is 8.23. The molecule has 0 saturated heterocycles. The number of methoxy groups -OCH3 is 2. The molecule has 0 aliphatic rings. The molecule has 4 nitrogen and oxygen atoms in total. The minimum absolute atomic E-state index is 0.324. The van der Waals surface area contributed by atoms with E-state index >= 15 is 0 Å². The van der Waals surface area contributed by atoms with Crippen molar-refractivity contribution in [3.8, 4) is 11.5 Å². The van der Waals surface area contributed by atoms with Crippen LogP contribution >= 0.6 is 28.1 Å². The van der Waals surface area contributed by atoms with Gasteiger partial charge in [0.15, 0.2) is 11.5 Å². The first-order valence-corrected chi connectivity index (χ1v) is 7.34. The van der Waals surface area contributed by atoms with Gasteiger partial charge in [-0.15, -0.1) is 0 Å². The zero-order valence-electron chi connectivity index (χ0n) is 11.6. The lowest BCUT2D eigenvalue weighted by atomic mass is 10.1. The highest BCUT2D eigenvalue weighted by atomic mass is 79.9. The highest BCUT2D eigenvalue weighted by Crippen LogP contribution is 2.33. The van der Waals surface area contributed by atoms with Crippen LogP contribution < -0.4 is 20.5 Å². The summed E-state index contributed by atoms with van der Waals surface area (Å²) in [6.07, 6.45) is 0.